The Kier molecular flexibility index (Phi) is 4.58. The highest BCUT2D eigenvalue weighted by Gasteiger charge is 2.06. The Morgan fingerprint density at radius 2 is 2.10 bits per heavy atom. The molecule has 1 aromatic carbocycles. The number of hydrogen-bond donors (Lipinski definition) is 1. The summed E-state index contributed by atoms with van der Waals surface area (Å²) in [5.41, 5.74) is 1.73. The van der Waals surface area contributed by atoms with Crippen LogP contribution in [0.4, 0.5) is 5.82 Å². The number of rotatable bonds is 4. The number of amides is 1. The lowest BCUT2D eigenvalue weighted by molar-refractivity contribution is -0.118. The maximum absolute atomic E-state index is 11.8. The van der Waals surface area contributed by atoms with E-state index in [0.29, 0.717) is 16.6 Å². The average molecular weight is 291 g/mol. The summed E-state index contributed by atoms with van der Waals surface area (Å²) >= 11 is 5.86. The minimum absolute atomic E-state index is 0.0713. The standard InChI is InChI=1S/C15H15ClN2O2/c1-10-8-12(16)6-7-13(10)20-9-15(19)18-14-5-3-4-11(2)17-14/h3-8H,9H2,1-2H3,(H,17,18,19). The van der Waals surface area contributed by atoms with Crippen LogP contribution in [0.5, 0.6) is 5.75 Å². The zero-order valence-electron chi connectivity index (χ0n) is 11.3. The van der Waals surface area contributed by atoms with Gasteiger partial charge in [0.05, 0.1) is 0 Å². The first-order valence-corrected chi connectivity index (χ1v) is 6.55. The minimum Gasteiger partial charge on any atom is -0.483 e. The van der Waals surface area contributed by atoms with Gasteiger partial charge in [0.1, 0.15) is 11.6 Å². The van der Waals surface area contributed by atoms with Gasteiger partial charge in [0.25, 0.3) is 5.91 Å². The number of pyridine rings is 1. The Morgan fingerprint density at radius 1 is 1.30 bits per heavy atom. The van der Waals surface area contributed by atoms with Crippen LogP contribution in [0.1, 0.15) is 11.3 Å². The van der Waals surface area contributed by atoms with Crippen LogP contribution in [0.3, 0.4) is 0 Å². The molecule has 0 radical (unpaired) electrons. The van der Waals surface area contributed by atoms with Crippen LogP contribution >= 0.6 is 11.6 Å². The molecule has 0 bridgehead atoms. The van der Waals surface area contributed by atoms with E-state index >= 15 is 0 Å². The summed E-state index contributed by atoms with van der Waals surface area (Å²) in [6.45, 7) is 3.67. The Labute approximate surface area is 122 Å². The molecule has 1 amide bonds. The van der Waals surface area contributed by atoms with Crippen molar-refractivity contribution in [3.8, 4) is 5.75 Å². The monoisotopic (exact) mass is 290 g/mol. The van der Waals surface area contributed by atoms with Crippen LogP contribution in [0.15, 0.2) is 36.4 Å². The molecule has 2 aromatic rings. The SMILES string of the molecule is Cc1cccc(NC(=O)COc2ccc(Cl)cc2C)n1. The summed E-state index contributed by atoms with van der Waals surface area (Å²) in [7, 11) is 0. The predicted molar refractivity (Wildman–Crippen MR) is 79.3 cm³/mol. The van der Waals surface area contributed by atoms with Crippen LogP contribution < -0.4 is 10.1 Å². The van der Waals surface area contributed by atoms with E-state index in [0.717, 1.165) is 11.3 Å². The van der Waals surface area contributed by atoms with E-state index in [1.807, 2.05) is 26.0 Å². The zero-order valence-corrected chi connectivity index (χ0v) is 12.1. The second-order valence-electron chi connectivity index (χ2n) is 4.41. The molecule has 5 heteroatoms. The van der Waals surface area contributed by atoms with Crippen molar-refractivity contribution in [1.29, 1.82) is 0 Å². The van der Waals surface area contributed by atoms with Crippen LogP contribution in [0.25, 0.3) is 0 Å². The van der Waals surface area contributed by atoms with Gasteiger partial charge in [-0.05, 0) is 49.7 Å². The second-order valence-corrected chi connectivity index (χ2v) is 4.85. The molecule has 0 spiro atoms. The van der Waals surface area contributed by atoms with Crippen molar-refractivity contribution in [2.75, 3.05) is 11.9 Å². The van der Waals surface area contributed by atoms with Gasteiger partial charge in [-0.3, -0.25) is 4.79 Å². The molecular weight excluding hydrogens is 276 g/mol. The molecule has 0 atom stereocenters. The predicted octanol–water partition coefficient (Wildman–Crippen LogP) is 3.37. The van der Waals surface area contributed by atoms with Gasteiger partial charge in [0, 0.05) is 10.7 Å². The molecule has 0 saturated heterocycles. The number of carbonyl (C=O) groups is 1. The Bertz CT molecular complexity index is 629. The van der Waals surface area contributed by atoms with Crippen LogP contribution in [-0.2, 0) is 4.79 Å². The molecule has 0 aliphatic heterocycles. The fourth-order valence-electron chi connectivity index (χ4n) is 1.71. The van der Waals surface area contributed by atoms with E-state index in [9.17, 15) is 4.79 Å². The number of nitrogens with one attached hydrogen (secondary N) is 1. The normalized spacial score (nSPS) is 10.2. The number of anilines is 1. The van der Waals surface area contributed by atoms with Crippen molar-refractivity contribution in [3.63, 3.8) is 0 Å². The van der Waals surface area contributed by atoms with Crippen LogP contribution in [-0.4, -0.2) is 17.5 Å². The largest absolute Gasteiger partial charge is 0.483 e. The Balaban J connectivity index is 1.92. The van der Waals surface area contributed by atoms with Gasteiger partial charge in [-0.1, -0.05) is 17.7 Å². The Hall–Kier alpha value is -2.07. The van der Waals surface area contributed by atoms with E-state index in [4.69, 9.17) is 16.3 Å². The summed E-state index contributed by atoms with van der Waals surface area (Å²) in [6.07, 6.45) is 0. The van der Waals surface area contributed by atoms with E-state index in [-0.39, 0.29) is 12.5 Å². The molecule has 1 heterocycles. The highest BCUT2D eigenvalue weighted by molar-refractivity contribution is 6.30. The van der Waals surface area contributed by atoms with Gasteiger partial charge in [-0.2, -0.15) is 0 Å². The number of ether oxygens (including phenoxy) is 1. The molecular formula is C15H15ClN2O2. The average Bonchev–Trinajstić information content (AvgIpc) is 2.37. The third kappa shape index (κ3) is 3.96. The summed E-state index contributed by atoms with van der Waals surface area (Å²) in [6, 6.07) is 10.7. The van der Waals surface area contributed by atoms with Crippen LogP contribution in [0.2, 0.25) is 5.02 Å². The third-order valence-electron chi connectivity index (χ3n) is 2.65. The highest BCUT2D eigenvalue weighted by Crippen LogP contribution is 2.21. The molecule has 0 saturated carbocycles. The van der Waals surface area contributed by atoms with Gasteiger partial charge in [-0.15, -0.1) is 0 Å². The first-order chi connectivity index (χ1) is 9.54. The van der Waals surface area contributed by atoms with Crippen molar-refractivity contribution < 1.29 is 9.53 Å². The number of carbonyl (C=O) groups excluding carboxylic acids is 1. The minimum atomic E-state index is -0.252. The number of benzene rings is 1. The molecule has 104 valence electrons. The molecule has 1 aromatic heterocycles. The number of aromatic nitrogens is 1. The van der Waals surface area contributed by atoms with Crippen molar-refractivity contribution in [2.45, 2.75) is 13.8 Å². The molecule has 2 rings (SSSR count). The van der Waals surface area contributed by atoms with E-state index < -0.39 is 0 Å². The molecule has 20 heavy (non-hydrogen) atoms. The third-order valence-corrected chi connectivity index (χ3v) is 2.89. The maximum atomic E-state index is 11.8. The number of nitrogens with zero attached hydrogens (tertiary/aromatic N) is 1. The van der Waals surface area contributed by atoms with Crippen molar-refractivity contribution >= 4 is 23.3 Å². The van der Waals surface area contributed by atoms with Crippen molar-refractivity contribution in [3.05, 3.63) is 52.7 Å². The number of halogens is 1. The quantitative estimate of drug-likeness (QED) is 0.939. The van der Waals surface area contributed by atoms with Crippen LogP contribution in [0, 0.1) is 13.8 Å². The van der Waals surface area contributed by atoms with E-state index in [2.05, 4.69) is 10.3 Å². The van der Waals surface area contributed by atoms with Gasteiger partial charge >= 0.3 is 0 Å². The van der Waals surface area contributed by atoms with Crippen molar-refractivity contribution in [1.82, 2.24) is 4.98 Å². The summed E-state index contributed by atoms with van der Waals surface area (Å²) < 4.78 is 5.46. The maximum Gasteiger partial charge on any atom is 0.263 e. The molecule has 0 fully saturated rings. The fraction of sp³-hybridized carbons (Fsp3) is 0.200. The first kappa shape index (κ1) is 14.3. The summed E-state index contributed by atoms with van der Waals surface area (Å²) in [5, 5.41) is 3.32. The fourth-order valence-corrected chi connectivity index (χ4v) is 1.94. The summed E-state index contributed by atoms with van der Waals surface area (Å²) in [5.74, 6) is 0.908. The van der Waals surface area contributed by atoms with Gasteiger partial charge in [0.2, 0.25) is 0 Å². The van der Waals surface area contributed by atoms with Gasteiger partial charge in [0.15, 0.2) is 6.61 Å². The number of hydrogen-bond acceptors (Lipinski definition) is 3. The lowest BCUT2D eigenvalue weighted by atomic mass is 10.2. The molecule has 0 aliphatic rings. The summed E-state index contributed by atoms with van der Waals surface area (Å²) in [4.78, 5) is 16.0. The first-order valence-electron chi connectivity index (χ1n) is 6.17. The molecule has 0 unspecified atom stereocenters. The highest BCUT2D eigenvalue weighted by atomic mass is 35.5. The van der Waals surface area contributed by atoms with Gasteiger partial charge < -0.3 is 10.1 Å². The second kappa shape index (κ2) is 6.39. The number of aryl methyl sites for hydroxylation is 2. The zero-order chi connectivity index (χ0) is 14.5. The lowest BCUT2D eigenvalue weighted by Crippen LogP contribution is -2.21. The molecule has 1 N–H and O–H groups in total. The Morgan fingerprint density at radius 3 is 2.80 bits per heavy atom. The lowest BCUT2D eigenvalue weighted by Gasteiger charge is -2.09. The molecule has 0 aliphatic carbocycles. The smallest absolute Gasteiger partial charge is 0.263 e. The topological polar surface area (TPSA) is 51.2 Å². The van der Waals surface area contributed by atoms with Crippen molar-refractivity contribution in [2.24, 2.45) is 0 Å². The van der Waals surface area contributed by atoms with Gasteiger partial charge in [-0.25, -0.2) is 4.98 Å². The molecule has 4 nitrogen and oxygen atoms in total. The van der Waals surface area contributed by atoms with E-state index in [1.54, 1.807) is 24.3 Å². The van der Waals surface area contributed by atoms with E-state index in [1.165, 1.54) is 0 Å².